The molecule has 2 aliphatic carbocycles. The third kappa shape index (κ3) is 4.04. The van der Waals surface area contributed by atoms with Crippen LogP contribution in [0.3, 0.4) is 0 Å². The predicted molar refractivity (Wildman–Crippen MR) is 121 cm³/mol. The molecule has 1 aromatic carbocycles. The van der Waals surface area contributed by atoms with Gasteiger partial charge in [0.25, 0.3) is 0 Å². The molecule has 4 unspecified atom stereocenters. The summed E-state index contributed by atoms with van der Waals surface area (Å²) < 4.78 is 33.4. The molecule has 1 amide bonds. The summed E-state index contributed by atoms with van der Waals surface area (Å²) in [5, 5.41) is 3.48. The van der Waals surface area contributed by atoms with Crippen molar-refractivity contribution in [2.45, 2.75) is 62.4 Å². The summed E-state index contributed by atoms with van der Waals surface area (Å²) in [7, 11) is -4.01. The average molecular weight is 503 g/mol. The van der Waals surface area contributed by atoms with Crippen molar-refractivity contribution >= 4 is 45.1 Å². The summed E-state index contributed by atoms with van der Waals surface area (Å²) >= 11 is 12.1. The molecule has 32 heavy (non-hydrogen) atoms. The molecule has 0 radical (unpaired) electrons. The van der Waals surface area contributed by atoms with E-state index in [0.717, 1.165) is 19.3 Å². The number of nitrogens with zero attached hydrogens (tertiary/aromatic N) is 1. The molecule has 5 atom stereocenters. The van der Waals surface area contributed by atoms with Gasteiger partial charge in [0.2, 0.25) is 15.9 Å². The van der Waals surface area contributed by atoms with Crippen LogP contribution in [0.4, 0.5) is 0 Å². The zero-order chi connectivity index (χ0) is 23.3. The first-order chi connectivity index (χ1) is 15.1. The molecule has 1 aliphatic heterocycles. The van der Waals surface area contributed by atoms with E-state index in [9.17, 15) is 18.0 Å². The van der Waals surface area contributed by atoms with Gasteiger partial charge < -0.3 is 10.1 Å². The van der Waals surface area contributed by atoms with E-state index in [0.29, 0.717) is 19.4 Å². The van der Waals surface area contributed by atoms with Gasteiger partial charge >= 0.3 is 5.97 Å². The van der Waals surface area contributed by atoms with Gasteiger partial charge in [-0.3, -0.25) is 9.59 Å². The number of esters is 1. The van der Waals surface area contributed by atoms with Crippen molar-refractivity contribution in [2.24, 2.45) is 17.8 Å². The second kappa shape index (κ2) is 8.78. The summed E-state index contributed by atoms with van der Waals surface area (Å²) in [5.74, 6) is -0.619. The fourth-order valence-electron chi connectivity index (χ4n) is 5.74. The third-order valence-electron chi connectivity index (χ3n) is 7.26. The van der Waals surface area contributed by atoms with Crippen molar-refractivity contribution in [1.82, 2.24) is 9.62 Å². The van der Waals surface area contributed by atoms with Crippen LogP contribution in [0.2, 0.25) is 10.0 Å². The minimum Gasteiger partial charge on any atom is -0.466 e. The minimum absolute atomic E-state index is 0.0414. The molecule has 1 saturated heterocycles. The predicted octanol–water partition coefficient (Wildman–Crippen LogP) is 3.63. The van der Waals surface area contributed by atoms with Crippen molar-refractivity contribution in [3.05, 3.63) is 28.2 Å². The molecular formula is C22H28Cl2N2O5S. The number of carbonyl (C=O) groups is 2. The van der Waals surface area contributed by atoms with E-state index in [1.165, 1.54) is 22.5 Å². The van der Waals surface area contributed by atoms with Crippen molar-refractivity contribution < 1.29 is 22.7 Å². The number of fused-ring (bicyclic) bond motifs is 2. The number of sulfonamides is 1. The van der Waals surface area contributed by atoms with Crippen molar-refractivity contribution in [1.29, 1.82) is 0 Å². The summed E-state index contributed by atoms with van der Waals surface area (Å²) in [6.07, 6.45) is 3.72. The molecule has 3 aliphatic rings. The Kier molecular flexibility index (Phi) is 6.53. The summed E-state index contributed by atoms with van der Waals surface area (Å²) in [5.41, 5.74) is -1.27. The van der Waals surface area contributed by atoms with Crippen LogP contribution in [0, 0.1) is 17.8 Å². The van der Waals surface area contributed by atoms with E-state index in [1.807, 2.05) is 0 Å². The maximum Gasteiger partial charge on any atom is 0.311 e. The second-order valence-corrected chi connectivity index (χ2v) is 11.9. The average Bonchev–Trinajstić information content (AvgIpc) is 3.42. The van der Waals surface area contributed by atoms with Crippen LogP contribution in [0.5, 0.6) is 0 Å². The Hall–Kier alpha value is -1.35. The van der Waals surface area contributed by atoms with Crippen molar-refractivity contribution in [3.8, 4) is 0 Å². The normalized spacial score (nSPS) is 32.2. The Morgan fingerprint density at radius 3 is 2.50 bits per heavy atom. The molecule has 2 bridgehead atoms. The Labute approximate surface area is 198 Å². The van der Waals surface area contributed by atoms with Crippen LogP contribution >= 0.6 is 23.2 Å². The standard InChI is InChI=1S/C22H28Cl2N2O5S/c1-3-31-20(27)18-13-5-6-14(9-13)19(18)25-21(28)22(2)7-4-8-26(22)32(29,30)17-11-15(23)10-16(24)12-17/h10-14,18-19H,3-9H2,1-2H3,(H,25,28)/t13?,14?,18?,19?,22-/m0/s1. The molecule has 10 heteroatoms. The molecule has 2 saturated carbocycles. The molecule has 3 fully saturated rings. The lowest BCUT2D eigenvalue weighted by atomic mass is 9.83. The smallest absolute Gasteiger partial charge is 0.311 e. The van der Waals surface area contributed by atoms with Gasteiger partial charge in [-0.25, -0.2) is 8.42 Å². The van der Waals surface area contributed by atoms with Gasteiger partial charge in [-0.15, -0.1) is 0 Å². The van der Waals surface area contributed by atoms with Gasteiger partial charge in [0, 0.05) is 22.6 Å². The number of ether oxygens (including phenoxy) is 1. The quantitative estimate of drug-likeness (QED) is 0.599. The van der Waals surface area contributed by atoms with E-state index in [1.54, 1.807) is 13.8 Å². The number of nitrogens with one attached hydrogen (secondary N) is 1. The first kappa shape index (κ1) is 23.8. The number of carbonyl (C=O) groups excluding carboxylic acids is 2. The summed E-state index contributed by atoms with van der Waals surface area (Å²) in [6, 6.07) is 3.81. The lowest BCUT2D eigenvalue weighted by Gasteiger charge is -2.37. The summed E-state index contributed by atoms with van der Waals surface area (Å²) in [4.78, 5) is 26.1. The first-order valence-electron chi connectivity index (χ1n) is 11.0. The molecule has 7 nitrogen and oxygen atoms in total. The number of halogens is 2. The number of amides is 1. The van der Waals surface area contributed by atoms with Crippen LogP contribution < -0.4 is 5.32 Å². The van der Waals surface area contributed by atoms with Gasteiger partial charge in [0.1, 0.15) is 5.54 Å². The Morgan fingerprint density at radius 2 is 1.84 bits per heavy atom. The largest absolute Gasteiger partial charge is 0.466 e. The van der Waals surface area contributed by atoms with E-state index in [-0.39, 0.29) is 57.2 Å². The monoisotopic (exact) mass is 502 g/mol. The zero-order valence-electron chi connectivity index (χ0n) is 18.1. The fraction of sp³-hybridized carbons (Fsp3) is 0.636. The zero-order valence-corrected chi connectivity index (χ0v) is 20.5. The molecule has 1 N–H and O–H groups in total. The Bertz CT molecular complexity index is 1010. The molecule has 1 aromatic rings. The van der Waals surface area contributed by atoms with Gasteiger partial charge in [0.05, 0.1) is 17.4 Å². The lowest BCUT2D eigenvalue weighted by Crippen LogP contribution is -2.59. The van der Waals surface area contributed by atoms with E-state index in [2.05, 4.69) is 5.32 Å². The molecule has 0 spiro atoms. The summed E-state index contributed by atoms with van der Waals surface area (Å²) in [6.45, 7) is 3.92. The van der Waals surface area contributed by atoms with Gasteiger partial charge in [-0.05, 0) is 76.0 Å². The maximum atomic E-state index is 13.5. The van der Waals surface area contributed by atoms with Crippen molar-refractivity contribution in [3.63, 3.8) is 0 Å². The van der Waals surface area contributed by atoms with Crippen LogP contribution in [-0.2, 0) is 24.3 Å². The third-order valence-corrected chi connectivity index (χ3v) is 9.70. The van der Waals surface area contributed by atoms with E-state index >= 15 is 0 Å². The van der Waals surface area contributed by atoms with Crippen molar-refractivity contribution in [2.75, 3.05) is 13.2 Å². The van der Waals surface area contributed by atoms with E-state index < -0.39 is 15.6 Å². The van der Waals surface area contributed by atoms with Gasteiger partial charge in [-0.2, -0.15) is 4.31 Å². The topological polar surface area (TPSA) is 92.8 Å². The highest BCUT2D eigenvalue weighted by atomic mass is 35.5. The Balaban J connectivity index is 1.59. The SMILES string of the molecule is CCOC(=O)C1C2CCC(C2)C1NC(=O)[C@]1(C)CCCN1S(=O)(=O)c1cc(Cl)cc(Cl)c1. The molecular weight excluding hydrogens is 475 g/mol. The highest BCUT2D eigenvalue weighted by Crippen LogP contribution is 2.49. The Morgan fingerprint density at radius 1 is 1.19 bits per heavy atom. The highest BCUT2D eigenvalue weighted by molar-refractivity contribution is 7.89. The molecule has 4 rings (SSSR count). The van der Waals surface area contributed by atoms with Gasteiger partial charge in [-0.1, -0.05) is 23.2 Å². The van der Waals surface area contributed by atoms with Crippen LogP contribution in [0.25, 0.3) is 0 Å². The molecule has 1 heterocycles. The number of rotatable bonds is 6. The first-order valence-corrected chi connectivity index (χ1v) is 13.2. The van der Waals surface area contributed by atoms with Crippen LogP contribution in [0.1, 0.15) is 46.0 Å². The fourth-order valence-corrected chi connectivity index (χ4v) is 8.27. The van der Waals surface area contributed by atoms with E-state index in [4.69, 9.17) is 27.9 Å². The highest BCUT2D eigenvalue weighted by Gasteiger charge is 2.55. The lowest BCUT2D eigenvalue weighted by molar-refractivity contribution is -0.151. The second-order valence-electron chi connectivity index (χ2n) is 9.17. The van der Waals surface area contributed by atoms with Gasteiger partial charge in [0.15, 0.2) is 0 Å². The van der Waals surface area contributed by atoms with Crippen LogP contribution in [-0.4, -0.2) is 49.3 Å². The molecule has 0 aromatic heterocycles. The number of hydrogen-bond acceptors (Lipinski definition) is 5. The molecule has 176 valence electrons. The number of hydrogen-bond donors (Lipinski definition) is 1. The van der Waals surface area contributed by atoms with Crippen LogP contribution in [0.15, 0.2) is 23.1 Å². The maximum absolute atomic E-state index is 13.5. The minimum atomic E-state index is -4.01. The number of benzene rings is 1.